The van der Waals surface area contributed by atoms with Gasteiger partial charge in [0.15, 0.2) is 12.4 Å². The number of hydrogen-bond donors (Lipinski definition) is 1. The number of thiophene rings is 1. The largest absolute Gasteiger partial charge is 0.456 e. The monoisotopic (exact) mass is 491 g/mol. The number of nitrogens with one attached hydrogen (secondary N) is 1. The van der Waals surface area contributed by atoms with Crippen molar-refractivity contribution in [1.82, 2.24) is 15.5 Å². The number of carbonyl (C=O) groups is 3. The molecule has 1 amide bonds. The van der Waals surface area contributed by atoms with Gasteiger partial charge in [0, 0.05) is 29.4 Å². The number of aromatic nitrogens is 2. The third kappa shape index (κ3) is 6.60. The molecule has 3 rings (SSSR count). The van der Waals surface area contributed by atoms with Gasteiger partial charge in [-0.2, -0.15) is 4.98 Å². The molecular weight excluding hydrogens is 474 g/mol. The van der Waals surface area contributed by atoms with Gasteiger partial charge in [0.05, 0.1) is 11.3 Å². The second-order valence-corrected chi connectivity index (χ2v) is 8.05. The predicted molar refractivity (Wildman–Crippen MR) is 113 cm³/mol. The van der Waals surface area contributed by atoms with Gasteiger partial charge in [-0.05, 0) is 23.6 Å². The van der Waals surface area contributed by atoms with Crippen LogP contribution < -0.4 is 5.32 Å². The Hall–Kier alpha value is -2.85. The number of amides is 1. The van der Waals surface area contributed by atoms with E-state index in [9.17, 15) is 14.4 Å². The lowest BCUT2D eigenvalue weighted by Gasteiger charge is -2.05. The second kappa shape index (κ2) is 10.8. The Morgan fingerprint density at radius 1 is 1.13 bits per heavy atom. The van der Waals surface area contributed by atoms with E-state index >= 15 is 0 Å². The molecule has 0 spiro atoms. The molecular formula is C20H18BrN3O5S. The lowest BCUT2D eigenvalue weighted by atomic mass is 10.2. The van der Waals surface area contributed by atoms with Gasteiger partial charge < -0.3 is 14.6 Å². The fraction of sp³-hybridized carbons (Fsp3) is 0.250. The first kappa shape index (κ1) is 21.8. The van der Waals surface area contributed by atoms with Crippen LogP contribution >= 0.6 is 27.3 Å². The molecule has 1 aromatic carbocycles. The Kier molecular flexibility index (Phi) is 7.86. The van der Waals surface area contributed by atoms with E-state index in [1.165, 1.54) is 11.3 Å². The summed E-state index contributed by atoms with van der Waals surface area (Å²) < 4.78 is 11.0. The Labute approximate surface area is 184 Å². The van der Waals surface area contributed by atoms with Crippen LogP contribution in [0.3, 0.4) is 0 Å². The lowest BCUT2D eigenvalue weighted by molar-refractivity contribution is -0.145. The summed E-state index contributed by atoms with van der Waals surface area (Å²) >= 11 is 4.72. The first-order chi connectivity index (χ1) is 14.5. The normalized spacial score (nSPS) is 10.6. The number of rotatable bonds is 10. The van der Waals surface area contributed by atoms with Gasteiger partial charge >= 0.3 is 5.97 Å². The van der Waals surface area contributed by atoms with Crippen LogP contribution in [-0.4, -0.2) is 34.3 Å². The molecule has 0 saturated heterocycles. The molecule has 0 aliphatic carbocycles. The Balaban J connectivity index is 1.33. The number of esters is 1. The van der Waals surface area contributed by atoms with Gasteiger partial charge in [0.2, 0.25) is 11.7 Å². The first-order valence-electron chi connectivity index (χ1n) is 9.09. The highest BCUT2D eigenvalue weighted by molar-refractivity contribution is 9.10. The molecule has 0 aliphatic heterocycles. The van der Waals surface area contributed by atoms with Crippen molar-refractivity contribution in [2.75, 3.05) is 6.54 Å². The number of hydrogen-bond acceptors (Lipinski definition) is 8. The van der Waals surface area contributed by atoms with E-state index in [1.807, 2.05) is 29.6 Å². The third-order valence-corrected chi connectivity index (χ3v) is 5.34. The molecule has 0 bridgehead atoms. The number of Topliss-reactive ketones (excluding diaryl/α,β-unsaturated/α-hetero) is 1. The van der Waals surface area contributed by atoms with Crippen molar-refractivity contribution in [3.05, 3.63) is 57.0 Å². The summed E-state index contributed by atoms with van der Waals surface area (Å²) in [5, 5.41) is 8.27. The average molecular weight is 492 g/mol. The zero-order valence-corrected chi connectivity index (χ0v) is 18.2. The van der Waals surface area contributed by atoms with E-state index in [4.69, 9.17) is 9.26 Å². The zero-order valence-electron chi connectivity index (χ0n) is 15.8. The quantitative estimate of drug-likeness (QED) is 0.339. The van der Waals surface area contributed by atoms with Crippen molar-refractivity contribution in [2.24, 2.45) is 0 Å². The summed E-state index contributed by atoms with van der Waals surface area (Å²) in [4.78, 5) is 40.3. The Morgan fingerprint density at radius 2 is 2.00 bits per heavy atom. The molecule has 0 aliphatic rings. The maximum Gasteiger partial charge on any atom is 0.308 e. The number of halogens is 1. The molecule has 0 fully saturated rings. The Bertz CT molecular complexity index is 1020. The predicted octanol–water partition coefficient (Wildman–Crippen LogP) is 3.77. The topological polar surface area (TPSA) is 111 Å². The van der Waals surface area contributed by atoms with Crippen molar-refractivity contribution in [1.29, 1.82) is 0 Å². The van der Waals surface area contributed by atoms with Crippen LogP contribution in [0.25, 0.3) is 11.4 Å². The van der Waals surface area contributed by atoms with Gasteiger partial charge in [0.25, 0.3) is 5.89 Å². The van der Waals surface area contributed by atoms with E-state index in [-0.39, 0.29) is 50.0 Å². The Morgan fingerprint density at radius 3 is 2.77 bits per heavy atom. The molecule has 1 N–H and O–H groups in total. The third-order valence-electron chi connectivity index (χ3n) is 3.93. The summed E-state index contributed by atoms with van der Waals surface area (Å²) in [6.07, 6.45) is 0.206. The van der Waals surface area contributed by atoms with Crippen molar-refractivity contribution < 1.29 is 23.6 Å². The van der Waals surface area contributed by atoms with E-state index < -0.39 is 5.97 Å². The van der Waals surface area contributed by atoms with Gasteiger partial charge in [-0.3, -0.25) is 14.4 Å². The van der Waals surface area contributed by atoms with Crippen molar-refractivity contribution in [3.63, 3.8) is 0 Å². The van der Waals surface area contributed by atoms with Crippen LogP contribution in [0, 0.1) is 0 Å². The van der Waals surface area contributed by atoms with E-state index in [0.717, 1.165) is 10.0 Å². The summed E-state index contributed by atoms with van der Waals surface area (Å²) in [5.74, 6) is -0.294. The zero-order chi connectivity index (χ0) is 21.3. The van der Waals surface area contributed by atoms with Gasteiger partial charge in [-0.1, -0.05) is 39.3 Å². The van der Waals surface area contributed by atoms with Crippen LogP contribution in [0.15, 0.2) is 50.8 Å². The van der Waals surface area contributed by atoms with E-state index in [1.54, 1.807) is 12.1 Å². The van der Waals surface area contributed by atoms with Crippen LogP contribution in [0.1, 0.15) is 34.8 Å². The maximum atomic E-state index is 11.9. The molecule has 2 aromatic heterocycles. The van der Waals surface area contributed by atoms with Crippen LogP contribution in [0.4, 0.5) is 0 Å². The summed E-state index contributed by atoms with van der Waals surface area (Å²) in [7, 11) is 0. The molecule has 2 heterocycles. The highest BCUT2D eigenvalue weighted by Crippen LogP contribution is 2.20. The number of benzene rings is 1. The van der Waals surface area contributed by atoms with Crippen LogP contribution in [-0.2, 0) is 20.9 Å². The smallest absolute Gasteiger partial charge is 0.308 e. The molecule has 0 saturated carbocycles. The van der Waals surface area contributed by atoms with Gasteiger partial charge in [-0.25, -0.2) is 0 Å². The van der Waals surface area contributed by atoms with E-state index in [2.05, 4.69) is 31.4 Å². The summed E-state index contributed by atoms with van der Waals surface area (Å²) in [6, 6.07) is 10.9. The van der Waals surface area contributed by atoms with Crippen molar-refractivity contribution >= 4 is 44.9 Å². The lowest BCUT2D eigenvalue weighted by Crippen LogP contribution is -2.26. The minimum absolute atomic E-state index is 0.00274. The summed E-state index contributed by atoms with van der Waals surface area (Å²) in [5.41, 5.74) is 0.769. The summed E-state index contributed by atoms with van der Waals surface area (Å²) in [6.45, 7) is -0.0267. The van der Waals surface area contributed by atoms with Crippen LogP contribution in [0.2, 0.25) is 0 Å². The fourth-order valence-corrected chi connectivity index (χ4v) is 3.55. The molecule has 8 nitrogen and oxygen atoms in total. The number of ether oxygens (including phenoxy) is 1. The molecule has 0 unspecified atom stereocenters. The molecule has 30 heavy (non-hydrogen) atoms. The van der Waals surface area contributed by atoms with Crippen molar-refractivity contribution in [2.45, 2.75) is 25.9 Å². The molecule has 156 valence electrons. The SMILES string of the molecule is O=C(CCC(=O)c1cccs1)NCCC(=O)OCc1nc(-c2cccc(Br)c2)no1. The second-order valence-electron chi connectivity index (χ2n) is 6.18. The van der Waals surface area contributed by atoms with Crippen molar-refractivity contribution in [3.8, 4) is 11.4 Å². The molecule has 10 heteroatoms. The fourth-order valence-electron chi connectivity index (χ4n) is 2.45. The minimum atomic E-state index is -0.507. The first-order valence-corrected chi connectivity index (χ1v) is 10.8. The molecule has 0 radical (unpaired) electrons. The molecule has 0 atom stereocenters. The highest BCUT2D eigenvalue weighted by Gasteiger charge is 2.13. The van der Waals surface area contributed by atoms with E-state index in [0.29, 0.717) is 10.7 Å². The maximum absolute atomic E-state index is 11.9. The number of carbonyl (C=O) groups excluding carboxylic acids is 3. The standard InChI is InChI=1S/C20H18BrN3O5S/c21-14-4-1-3-13(11-14)20-23-18(29-24-20)12-28-19(27)8-9-22-17(26)7-6-15(25)16-5-2-10-30-16/h1-5,10-11H,6-9,12H2,(H,22,26). The van der Waals surface area contributed by atoms with Gasteiger partial charge in [-0.15, -0.1) is 11.3 Å². The molecule has 3 aromatic rings. The number of nitrogens with zero attached hydrogens (tertiary/aromatic N) is 2. The minimum Gasteiger partial charge on any atom is -0.456 e. The highest BCUT2D eigenvalue weighted by atomic mass is 79.9. The van der Waals surface area contributed by atoms with Crippen LogP contribution in [0.5, 0.6) is 0 Å². The average Bonchev–Trinajstić information content (AvgIpc) is 3.43. The number of ketones is 1. The van der Waals surface area contributed by atoms with Gasteiger partial charge in [0.1, 0.15) is 0 Å².